The fraction of sp³-hybridized carbons (Fsp3) is 0. The molecule has 0 amide bonds. The zero-order valence-electron chi connectivity index (χ0n) is 9.01. The van der Waals surface area contributed by atoms with Crippen molar-refractivity contribution < 1.29 is 0 Å². The Morgan fingerprint density at radius 2 is 1.94 bits per heavy atom. The molecule has 0 aliphatic heterocycles. The van der Waals surface area contributed by atoms with Crippen molar-refractivity contribution >= 4 is 27.6 Å². The van der Waals surface area contributed by atoms with Crippen LogP contribution in [0.4, 0.5) is 0 Å². The van der Waals surface area contributed by atoms with Gasteiger partial charge < -0.3 is 0 Å². The molecule has 0 saturated heterocycles. The summed E-state index contributed by atoms with van der Waals surface area (Å²) in [6.07, 6.45) is 0. The molecule has 2 heterocycles. The summed E-state index contributed by atoms with van der Waals surface area (Å²) in [7, 11) is 0. The van der Waals surface area contributed by atoms with Crippen molar-refractivity contribution in [2.75, 3.05) is 0 Å². The third kappa shape index (κ3) is 0.956. The lowest BCUT2D eigenvalue weighted by molar-refractivity contribution is 0.836. The predicted octanol–water partition coefficient (Wildman–Crippen LogP) is 0.0363. The molecule has 2 aromatic heterocycles. The van der Waals surface area contributed by atoms with Crippen LogP contribution in [0.1, 0.15) is 0 Å². The molecule has 7 nitrogen and oxygen atoms in total. The standard InChI is InChI=1S/C11H6N6O/c12-10-14-15-11-13-7-5-3-1-2-4-6(5)9(18)8(7)16-17(10)11/h1-4,12,16H. The molecule has 0 fully saturated rings. The Bertz CT molecular complexity index is 1010. The van der Waals surface area contributed by atoms with Crippen molar-refractivity contribution in [3.63, 3.8) is 0 Å². The Hall–Kier alpha value is -2.83. The van der Waals surface area contributed by atoms with E-state index in [2.05, 4.69) is 20.3 Å². The number of benzene rings is 1. The number of nitrogens with zero attached hydrogens (tertiary/aromatic N) is 4. The Morgan fingerprint density at radius 3 is 2.78 bits per heavy atom. The molecule has 2 N–H and O–H groups in total. The van der Waals surface area contributed by atoms with Gasteiger partial charge in [-0.15, -0.1) is 10.2 Å². The molecule has 0 bridgehead atoms. The van der Waals surface area contributed by atoms with E-state index in [1.54, 1.807) is 6.07 Å². The van der Waals surface area contributed by atoms with Crippen LogP contribution in [0.5, 0.6) is 0 Å². The highest BCUT2D eigenvalue weighted by molar-refractivity contribution is 6.08. The summed E-state index contributed by atoms with van der Waals surface area (Å²) in [6, 6.07) is 7.27. The first-order chi connectivity index (χ1) is 8.75. The van der Waals surface area contributed by atoms with Gasteiger partial charge in [0, 0.05) is 10.8 Å². The summed E-state index contributed by atoms with van der Waals surface area (Å²) in [5.74, 6) is 0.281. The molecular weight excluding hydrogens is 232 g/mol. The van der Waals surface area contributed by atoms with Crippen molar-refractivity contribution in [1.82, 2.24) is 24.8 Å². The Balaban J connectivity index is 2.41. The second kappa shape index (κ2) is 2.89. The fourth-order valence-corrected chi connectivity index (χ4v) is 2.15. The monoisotopic (exact) mass is 238 g/mol. The van der Waals surface area contributed by atoms with E-state index < -0.39 is 0 Å². The Kier molecular flexibility index (Phi) is 1.48. The first kappa shape index (κ1) is 9.23. The minimum absolute atomic E-state index is 0.0796. The van der Waals surface area contributed by atoms with Crippen molar-refractivity contribution in [1.29, 1.82) is 5.41 Å². The molecule has 4 rings (SSSR count). The van der Waals surface area contributed by atoms with Crippen molar-refractivity contribution in [3.8, 4) is 0 Å². The van der Waals surface area contributed by atoms with Gasteiger partial charge in [0.2, 0.25) is 5.43 Å². The molecule has 0 saturated carbocycles. The molecule has 0 spiro atoms. The summed E-state index contributed by atoms with van der Waals surface area (Å²) in [5.41, 5.74) is 0.736. The molecule has 2 aromatic carbocycles. The number of rotatable bonds is 0. The topological polar surface area (TPSA) is 99.8 Å². The summed E-state index contributed by atoms with van der Waals surface area (Å²) < 4.78 is 1.28. The molecule has 0 atom stereocenters. The SMILES string of the molecule is N=c1nnc2nc3c([nH]n12)c(=O)c1ccccc13. The van der Waals surface area contributed by atoms with E-state index in [9.17, 15) is 4.79 Å². The van der Waals surface area contributed by atoms with E-state index in [4.69, 9.17) is 5.41 Å². The van der Waals surface area contributed by atoms with Gasteiger partial charge in [0.1, 0.15) is 11.0 Å². The number of aromatic amines is 1. The third-order valence-electron chi connectivity index (χ3n) is 2.97. The molecule has 86 valence electrons. The summed E-state index contributed by atoms with van der Waals surface area (Å²) in [4.78, 5) is 16.5. The highest BCUT2D eigenvalue weighted by atomic mass is 16.1. The maximum absolute atomic E-state index is 12.2. The Morgan fingerprint density at radius 1 is 1.17 bits per heavy atom. The maximum Gasteiger partial charge on any atom is 0.272 e. The second-order valence-electron chi connectivity index (χ2n) is 3.98. The lowest BCUT2D eigenvalue weighted by Crippen LogP contribution is -2.14. The molecule has 0 radical (unpaired) electrons. The number of hydrogen-bond donors (Lipinski definition) is 2. The van der Waals surface area contributed by atoms with Crippen LogP contribution in [0.2, 0.25) is 0 Å². The third-order valence-corrected chi connectivity index (χ3v) is 2.97. The lowest BCUT2D eigenvalue weighted by Gasteiger charge is -1.93. The lowest BCUT2D eigenvalue weighted by atomic mass is 10.2. The highest BCUT2D eigenvalue weighted by Crippen LogP contribution is 2.20. The molecule has 7 heteroatoms. The van der Waals surface area contributed by atoms with Crippen LogP contribution in [-0.4, -0.2) is 24.8 Å². The van der Waals surface area contributed by atoms with Gasteiger partial charge in [-0.2, -0.15) is 4.52 Å². The predicted molar refractivity (Wildman–Crippen MR) is 63.5 cm³/mol. The second-order valence-corrected chi connectivity index (χ2v) is 3.98. The van der Waals surface area contributed by atoms with Crippen LogP contribution in [0.3, 0.4) is 0 Å². The van der Waals surface area contributed by atoms with Crippen LogP contribution < -0.4 is 11.0 Å². The van der Waals surface area contributed by atoms with Gasteiger partial charge in [-0.1, -0.05) is 24.3 Å². The zero-order valence-corrected chi connectivity index (χ0v) is 9.01. The largest absolute Gasteiger partial charge is 0.287 e. The molecule has 0 unspecified atom stereocenters. The summed E-state index contributed by atoms with van der Waals surface area (Å²) in [5, 5.41) is 19.1. The van der Waals surface area contributed by atoms with Crippen molar-refractivity contribution in [2.45, 2.75) is 0 Å². The quantitative estimate of drug-likeness (QED) is 0.451. The Labute approximate surface area is 98.6 Å². The average Bonchev–Trinajstić information content (AvgIpc) is 2.90. The van der Waals surface area contributed by atoms with Gasteiger partial charge in [-0.05, 0) is 0 Å². The number of H-pyrrole nitrogens is 1. The summed E-state index contributed by atoms with van der Waals surface area (Å²) >= 11 is 0. The maximum atomic E-state index is 12.2. The van der Waals surface area contributed by atoms with Gasteiger partial charge in [0.25, 0.3) is 11.4 Å². The van der Waals surface area contributed by atoms with E-state index in [1.165, 1.54) is 4.52 Å². The molecule has 18 heavy (non-hydrogen) atoms. The van der Waals surface area contributed by atoms with Gasteiger partial charge >= 0.3 is 0 Å². The molecule has 4 aromatic rings. The van der Waals surface area contributed by atoms with E-state index in [0.29, 0.717) is 16.4 Å². The number of fused-ring (bicyclic) bond motifs is 4. The van der Waals surface area contributed by atoms with Gasteiger partial charge in [-0.25, -0.2) is 4.98 Å². The number of aromatic nitrogens is 5. The smallest absolute Gasteiger partial charge is 0.272 e. The molecule has 0 aliphatic rings. The zero-order chi connectivity index (χ0) is 12.3. The van der Waals surface area contributed by atoms with Gasteiger partial charge in [0.15, 0.2) is 0 Å². The average molecular weight is 238 g/mol. The minimum Gasteiger partial charge on any atom is -0.287 e. The van der Waals surface area contributed by atoms with Gasteiger partial charge in [-0.3, -0.25) is 15.3 Å². The normalized spacial score (nSPS) is 11.8. The first-order valence-electron chi connectivity index (χ1n) is 5.30. The minimum atomic E-state index is -0.122. The number of hydrogen-bond acceptors (Lipinski definition) is 5. The van der Waals surface area contributed by atoms with Gasteiger partial charge in [0.05, 0.1) is 0 Å². The van der Waals surface area contributed by atoms with Crippen molar-refractivity contribution in [2.24, 2.45) is 0 Å². The van der Waals surface area contributed by atoms with Crippen LogP contribution >= 0.6 is 0 Å². The summed E-state index contributed by atoms with van der Waals surface area (Å²) in [6.45, 7) is 0. The van der Waals surface area contributed by atoms with E-state index in [-0.39, 0.29) is 16.8 Å². The number of nitrogens with one attached hydrogen (secondary N) is 2. The first-order valence-corrected chi connectivity index (χ1v) is 5.30. The van der Waals surface area contributed by atoms with Crippen LogP contribution in [0, 0.1) is 5.41 Å². The van der Waals surface area contributed by atoms with E-state index >= 15 is 0 Å². The fourth-order valence-electron chi connectivity index (χ4n) is 2.15. The van der Waals surface area contributed by atoms with Crippen LogP contribution in [0.15, 0.2) is 29.1 Å². The van der Waals surface area contributed by atoms with E-state index in [1.807, 2.05) is 18.2 Å². The van der Waals surface area contributed by atoms with E-state index in [0.717, 1.165) is 5.39 Å². The van der Waals surface area contributed by atoms with Crippen LogP contribution in [0.25, 0.3) is 27.6 Å². The molecular formula is C11H6N6O. The molecule has 0 aliphatic carbocycles. The van der Waals surface area contributed by atoms with Crippen molar-refractivity contribution in [3.05, 3.63) is 40.1 Å². The van der Waals surface area contributed by atoms with Crippen LogP contribution in [-0.2, 0) is 0 Å². The highest BCUT2D eigenvalue weighted by Gasteiger charge is 2.13.